The molecular weight excluding hydrogens is 334 g/mol. The number of hydrogen-bond acceptors (Lipinski definition) is 3. The van der Waals surface area contributed by atoms with Gasteiger partial charge in [0.15, 0.2) is 0 Å². The quantitative estimate of drug-likeness (QED) is 0.602. The Kier molecular flexibility index (Phi) is 5.79. The molecule has 4 nitrogen and oxygen atoms in total. The molecule has 1 amide bonds. The first-order valence-corrected chi connectivity index (χ1v) is 8.16. The Balaban J connectivity index is 2.06. The van der Waals surface area contributed by atoms with Crippen molar-refractivity contribution in [3.05, 3.63) is 34.3 Å². The van der Waals surface area contributed by atoms with E-state index in [0.717, 1.165) is 23.7 Å². The van der Waals surface area contributed by atoms with Crippen molar-refractivity contribution in [1.29, 1.82) is 0 Å². The second kappa shape index (κ2) is 7.59. The molecular formula is C16H20BrNO3. The first kappa shape index (κ1) is 16.0. The minimum atomic E-state index is -0.443. The van der Waals surface area contributed by atoms with Gasteiger partial charge in [0.2, 0.25) is 0 Å². The van der Waals surface area contributed by atoms with Crippen molar-refractivity contribution in [3.8, 4) is 0 Å². The fourth-order valence-electron chi connectivity index (χ4n) is 2.46. The van der Waals surface area contributed by atoms with Gasteiger partial charge in [0, 0.05) is 11.0 Å². The van der Waals surface area contributed by atoms with Gasteiger partial charge >= 0.3 is 5.97 Å². The zero-order valence-corrected chi connectivity index (χ0v) is 13.8. The number of rotatable bonds is 5. The van der Waals surface area contributed by atoms with Crippen LogP contribution in [0.4, 0.5) is 0 Å². The van der Waals surface area contributed by atoms with E-state index in [1.54, 1.807) is 11.0 Å². The third-order valence-electron chi connectivity index (χ3n) is 3.63. The number of likely N-dealkylation sites (tertiary alicyclic amines) is 1. The summed E-state index contributed by atoms with van der Waals surface area (Å²) in [6.07, 6.45) is 3.36. The maximum Gasteiger partial charge on any atom is 0.328 e. The van der Waals surface area contributed by atoms with Crippen LogP contribution in [-0.2, 0) is 9.53 Å². The lowest BCUT2D eigenvalue weighted by atomic mass is 10.1. The molecule has 1 heterocycles. The molecule has 0 spiro atoms. The largest absolute Gasteiger partial charge is 0.464 e. The van der Waals surface area contributed by atoms with Crippen LogP contribution < -0.4 is 0 Å². The third kappa shape index (κ3) is 3.84. The third-order valence-corrected chi connectivity index (χ3v) is 4.32. The van der Waals surface area contributed by atoms with Gasteiger partial charge in [0.1, 0.15) is 6.04 Å². The summed E-state index contributed by atoms with van der Waals surface area (Å²) in [6, 6.07) is 6.84. The molecule has 0 radical (unpaired) electrons. The summed E-state index contributed by atoms with van der Waals surface area (Å²) in [5, 5.41) is 0. The van der Waals surface area contributed by atoms with Crippen molar-refractivity contribution in [3.63, 3.8) is 0 Å². The normalized spacial score (nSPS) is 17.8. The lowest BCUT2D eigenvalue weighted by Gasteiger charge is -2.23. The Labute approximate surface area is 133 Å². The van der Waals surface area contributed by atoms with E-state index in [9.17, 15) is 9.59 Å². The molecule has 2 rings (SSSR count). The second-order valence-electron chi connectivity index (χ2n) is 5.16. The van der Waals surface area contributed by atoms with Gasteiger partial charge in [-0.15, -0.1) is 0 Å². The molecule has 1 aliphatic heterocycles. The van der Waals surface area contributed by atoms with Crippen molar-refractivity contribution in [2.24, 2.45) is 0 Å². The molecule has 1 aromatic carbocycles. The molecule has 1 saturated heterocycles. The van der Waals surface area contributed by atoms with Crippen LogP contribution in [-0.4, -0.2) is 36.0 Å². The Bertz CT molecular complexity index is 518. The Morgan fingerprint density at radius 1 is 1.38 bits per heavy atom. The fourth-order valence-corrected chi connectivity index (χ4v) is 2.91. The van der Waals surface area contributed by atoms with Crippen molar-refractivity contribution in [2.75, 3.05) is 13.2 Å². The van der Waals surface area contributed by atoms with Crippen LogP contribution >= 0.6 is 15.9 Å². The molecule has 1 atom stereocenters. The zero-order chi connectivity index (χ0) is 15.2. The number of carbonyl (C=O) groups is 2. The molecule has 5 heteroatoms. The van der Waals surface area contributed by atoms with Crippen LogP contribution in [0, 0.1) is 0 Å². The molecule has 0 saturated carbocycles. The van der Waals surface area contributed by atoms with Crippen LogP contribution in [0.1, 0.15) is 43.0 Å². The van der Waals surface area contributed by atoms with Crippen LogP contribution in [0.2, 0.25) is 0 Å². The maximum atomic E-state index is 12.6. The highest BCUT2D eigenvalue weighted by molar-refractivity contribution is 9.10. The van der Waals surface area contributed by atoms with E-state index in [4.69, 9.17) is 4.74 Å². The summed E-state index contributed by atoms with van der Waals surface area (Å²) in [7, 11) is 0. The van der Waals surface area contributed by atoms with Crippen molar-refractivity contribution in [1.82, 2.24) is 4.90 Å². The lowest BCUT2D eigenvalue weighted by molar-refractivity contribution is -0.148. The molecule has 21 heavy (non-hydrogen) atoms. The predicted molar refractivity (Wildman–Crippen MR) is 84.1 cm³/mol. The van der Waals surface area contributed by atoms with Crippen LogP contribution in [0.3, 0.4) is 0 Å². The van der Waals surface area contributed by atoms with Gasteiger partial charge in [-0.05, 0) is 47.3 Å². The molecule has 1 aromatic rings. The Morgan fingerprint density at radius 2 is 2.14 bits per heavy atom. The fraction of sp³-hybridized carbons (Fsp3) is 0.500. The monoisotopic (exact) mass is 353 g/mol. The van der Waals surface area contributed by atoms with E-state index < -0.39 is 6.04 Å². The molecule has 0 aliphatic carbocycles. The molecule has 0 aromatic heterocycles. The molecule has 0 bridgehead atoms. The van der Waals surface area contributed by atoms with Crippen LogP contribution in [0.15, 0.2) is 28.7 Å². The molecule has 1 unspecified atom stereocenters. The summed E-state index contributed by atoms with van der Waals surface area (Å²) < 4.78 is 6.02. The molecule has 1 aliphatic rings. The van der Waals surface area contributed by atoms with Crippen molar-refractivity contribution >= 4 is 27.8 Å². The Hall–Kier alpha value is -1.36. The van der Waals surface area contributed by atoms with E-state index in [1.807, 2.05) is 25.1 Å². The van der Waals surface area contributed by atoms with Crippen LogP contribution in [0.5, 0.6) is 0 Å². The number of nitrogens with zero attached hydrogens (tertiary/aromatic N) is 1. The average molecular weight is 354 g/mol. The number of ether oxygens (including phenoxy) is 1. The summed E-state index contributed by atoms with van der Waals surface area (Å²) in [5.41, 5.74) is 0.589. The number of unbranched alkanes of at least 4 members (excludes halogenated alkanes) is 1. The highest BCUT2D eigenvalue weighted by atomic mass is 79.9. The SMILES string of the molecule is CCCCOC(=O)C1CCCN1C(=O)c1ccccc1Br. The van der Waals surface area contributed by atoms with Gasteiger partial charge in [0.05, 0.1) is 12.2 Å². The predicted octanol–water partition coefficient (Wildman–Crippen LogP) is 3.40. The van der Waals surface area contributed by atoms with Gasteiger partial charge in [0.25, 0.3) is 5.91 Å². The standard InChI is InChI=1S/C16H20BrNO3/c1-2-3-11-21-16(20)14-9-6-10-18(14)15(19)12-7-4-5-8-13(12)17/h4-5,7-8,14H,2-3,6,9-11H2,1H3. The van der Waals surface area contributed by atoms with Crippen LogP contribution in [0.25, 0.3) is 0 Å². The zero-order valence-electron chi connectivity index (χ0n) is 12.2. The Morgan fingerprint density at radius 3 is 2.86 bits per heavy atom. The smallest absolute Gasteiger partial charge is 0.328 e. The van der Waals surface area contributed by atoms with E-state index in [-0.39, 0.29) is 11.9 Å². The summed E-state index contributed by atoms with van der Waals surface area (Å²) in [4.78, 5) is 26.4. The van der Waals surface area contributed by atoms with E-state index in [0.29, 0.717) is 25.1 Å². The molecule has 0 N–H and O–H groups in total. The average Bonchev–Trinajstić information content (AvgIpc) is 2.96. The highest BCUT2D eigenvalue weighted by Gasteiger charge is 2.36. The highest BCUT2D eigenvalue weighted by Crippen LogP contribution is 2.24. The number of benzene rings is 1. The molecule has 114 valence electrons. The molecule has 1 fully saturated rings. The van der Waals surface area contributed by atoms with Gasteiger partial charge in [-0.25, -0.2) is 4.79 Å². The summed E-state index contributed by atoms with van der Waals surface area (Å²) >= 11 is 3.39. The minimum Gasteiger partial charge on any atom is -0.464 e. The number of esters is 1. The summed E-state index contributed by atoms with van der Waals surface area (Å²) in [5.74, 6) is -0.390. The first-order chi connectivity index (χ1) is 10.1. The summed E-state index contributed by atoms with van der Waals surface area (Å²) in [6.45, 7) is 3.09. The minimum absolute atomic E-state index is 0.114. The van der Waals surface area contributed by atoms with Gasteiger partial charge in [-0.3, -0.25) is 4.79 Å². The number of hydrogen-bond donors (Lipinski definition) is 0. The van der Waals surface area contributed by atoms with E-state index >= 15 is 0 Å². The van der Waals surface area contributed by atoms with Gasteiger partial charge in [-0.1, -0.05) is 25.5 Å². The lowest BCUT2D eigenvalue weighted by Crippen LogP contribution is -2.41. The van der Waals surface area contributed by atoms with E-state index in [1.165, 1.54) is 0 Å². The number of halogens is 1. The van der Waals surface area contributed by atoms with Crippen molar-refractivity contribution < 1.29 is 14.3 Å². The van der Waals surface area contributed by atoms with Gasteiger partial charge in [-0.2, -0.15) is 0 Å². The number of carbonyl (C=O) groups excluding carboxylic acids is 2. The second-order valence-corrected chi connectivity index (χ2v) is 6.01. The number of amides is 1. The maximum absolute atomic E-state index is 12.6. The van der Waals surface area contributed by atoms with Gasteiger partial charge < -0.3 is 9.64 Å². The first-order valence-electron chi connectivity index (χ1n) is 7.37. The topological polar surface area (TPSA) is 46.6 Å². The van der Waals surface area contributed by atoms with E-state index in [2.05, 4.69) is 15.9 Å². The van der Waals surface area contributed by atoms with Crippen molar-refractivity contribution in [2.45, 2.75) is 38.6 Å².